The van der Waals surface area contributed by atoms with Gasteiger partial charge in [-0.2, -0.15) is 0 Å². The molecule has 176 valence electrons. The van der Waals surface area contributed by atoms with Crippen LogP contribution in [0.15, 0.2) is 79.0 Å². The number of aromatic nitrogens is 1. The lowest BCUT2D eigenvalue weighted by Crippen LogP contribution is -2.46. The summed E-state index contributed by atoms with van der Waals surface area (Å²) >= 11 is 0. The third-order valence-corrected chi connectivity index (χ3v) is 6.41. The fourth-order valence-electron chi connectivity index (χ4n) is 4.64. The molecule has 1 unspecified atom stereocenters. The van der Waals surface area contributed by atoms with Crippen LogP contribution in [0, 0.1) is 12.7 Å². The second kappa shape index (κ2) is 9.18. The SMILES string of the molecule is Cc1cccc(C(=O)N(CCc2c[nH]c3ccccc23)C2CC(=O)N(c3ccc(F)cc3)C2=O)c1. The van der Waals surface area contributed by atoms with E-state index in [0.29, 0.717) is 17.7 Å². The zero-order chi connectivity index (χ0) is 24.5. The van der Waals surface area contributed by atoms with Gasteiger partial charge in [0.05, 0.1) is 12.1 Å². The topological polar surface area (TPSA) is 73.5 Å². The Bertz CT molecular complexity index is 1430. The third kappa shape index (κ3) is 4.33. The molecule has 2 heterocycles. The van der Waals surface area contributed by atoms with E-state index in [9.17, 15) is 18.8 Å². The van der Waals surface area contributed by atoms with Crippen molar-refractivity contribution in [2.45, 2.75) is 25.8 Å². The number of anilines is 1. The van der Waals surface area contributed by atoms with E-state index in [-0.39, 0.29) is 18.9 Å². The molecule has 0 spiro atoms. The van der Waals surface area contributed by atoms with Crippen molar-refractivity contribution in [2.75, 3.05) is 11.4 Å². The van der Waals surface area contributed by atoms with E-state index in [0.717, 1.165) is 26.9 Å². The van der Waals surface area contributed by atoms with Gasteiger partial charge in [-0.25, -0.2) is 9.29 Å². The van der Waals surface area contributed by atoms with Gasteiger partial charge in [-0.3, -0.25) is 14.4 Å². The van der Waals surface area contributed by atoms with E-state index in [2.05, 4.69) is 4.98 Å². The molecule has 6 nitrogen and oxygen atoms in total. The van der Waals surface area contributed by atoms with E-state index in [1.54, 1.807) is 18.2 Å². The number of aromatic amines is 1. The van der Waals surface area contributed by atoms with Crippen LogP contribution in [-0.2, 0) is 16.0 Å². The van der Waals surface area contributed by atoms with Crippen LogP contribution < -0.4 is 4.90 Å². The molecule has 0 bridgehead atoms. The first-order valence-electron chi connectivity index (χ1n) is 11.5. The number of hydrogen-bond donors (Lipinski definition) is 1. The maximum Gasteiger partial charge on any atom is 0.257 e. The Hall–Kier alpha value is -4.26. The van der Waals surface area contributed by atoms with Gasteiger partial charge in [-0.05, 0) is 61.4 Å². The highest BCUT2D eigenvalue weighted by molar-refractivity contribution is 6.23. The molecule has 1 fully saturated rings. The Morgan fingerprint density at radius 2 is 1.83 bits per heavy atom. The van der Waals surface area contributed by atoms with E-state index in [4.69, 9.17) is 0 Å². The van der Waals surface area contributed by atoms with Gasteiger partial charge in [0, 0.05) is 29.2 Å². The number of benzene rings is 3. The number of hydrogen-bond acceptors (Lipinski definition) is 3. The maximum atomic E-state index is 13.6. The number of carbonyl (C=O) groups is 3. The number of nitrogens with zero attached hydrogens (tertiary/aromatic N) is 2. The predicted octanol–water partition coefficient (Wildman–Crippen LogP) is 4.63. The van der Waals surface area contributed by atoms with Crippen LogP contribution in [0.2, 0.25) is 0 Å². The molecule has 1 N–H and O–H groups in total. The first kappa shape index (κ1) is 22.5. The summed E-state index contributed by atoms with van der Waals surface area (Å²) in [5.74, 6) is -1.66. The highest BCUT2D eigenvalue weighted by atomic mass is 19.1. The number of amides is 3. The van der Waals surface area contributed by atoms with Crippen molar-refractivity contribution < 1.29 is 18.8 Å². The van der Waals surface area contributed by atoms with Crippen LogP contribution in [0.1, 0.15) is 27.9 Å². The summed E-state index contributed by atoms with van der Waals surface area (Å²) in [4.78, 5) is 45.7. The Kier molecular flexibility index (Phi) is 5.91. The summed E-state index contributed by atoms with van der Waals surface area (Å²) in [6.45, 7) is 2.16. The molecule has 0 radical (unpaired) electrons. The van der Waals surface area contributed by atoms with Crippen molar-refractivity contribution >= 4 is 34.3 Å². The number of imide groups is 1. The molecule has 1 atom stereocenters. The normalized spacial score (nSPS) is 15.7. The molecule has 0 saturated carbocycles. The first-order chi connectivity index (χ1) is 16.9. The first-order valence-corrected chi connectivity index (χ1v) is 11.5. The fraction of sp³-hybridized carbons (Fsp3) is 0.179. The number of para-hydroxylation sites is 1. The van der Waals surface area contributed by atoms with Gasteiger partial charge in [0.25, 0.3) is 11.8 Å². The molecule has 7 heteroatoms. The van der Waals surface area contributed by atoms with E-state index in [1.807, 2.05) is 43.5 Å². The van der Waals surface area contributed by atoms with Gasteiger partial charge < -0.3 is 9.88 Å². The molecule has 1 aliphatic heterocycles. The largest absolute Gasteiger partial charge is 0.361 e. The Morgan fingerprint density at radius 3 is 2.60 bits per heavy atom. The molecular weight excluding hydrogens is 445 g/mol. The summed E-state index contributed by atoms with van der Waals surface area (Å²) < 4.78 is 13.4. The molecule has 3 amide bonds. The summed E-state index contributed by atoms with van der Waals surface area (Å²) in [6.07, 6.45) is 2.30. The van der Waals surface area contributed by atoms with Crippen LogP contribution in [0.5, 0.6) is 0 Å². The summed E-state index contributed by atoms with van der Waals surface area (Å²) in [5.41, 5.74) is 3.70. The lowest BCUT2D eigenvalue weighted by molar-refractivity contribution is -0.122. The Morgan fingerprint density at radius 1 is 1.06 bits per heavy atom. The van der Waals surface area contributed by atoms with Crippen molar-refractivity contribution in [3.8, 4) is 0 Å². The molecule has 5 rings (SSSR count). The molecule has 1 aliphatic rings. The highest BCUT2D eigenvalue weighted by Gasteiger charge is 2.44. The van der Waals surface area contributed by atoms with Gasteiger partial charge in [-0.15, -0.1) is 0 Å². The second-order valence-corrected chi connectivity index (χ2v) is 8.74. The van der Waals surface area contributed by atoms with Gasteiger partial charge >= 0.3 is 0 Å². The van der Waals surface area contributed by atoms with E-state index in [1.165, 1.54) is 29.2 Å². The number of nitrogens with one attached hydrogen (secondary N) is 1. The zero-order valence-corrected chi connectivity index (χ0v) is 19.2. The Balaban J connectivity index is 1.46. The number of halogens is 1. The molecule has 1 aromatic heterocycles. The van der Waals surface area contributed by atoms with Crippen LogP contribution in [0.25, 0.3) is 10.9 Å². The summed E-state index contributed by atoms with van der Waals surface area (Å²) in [5, 5.41) is 1.05. The lowest BCUT2D eigenvalue weighted by atomic mass is 10.1. The molecule has 1 saturated heterocycles. The molecule has 3 aromatic carbocycles. The number of fused-ring (bicyclic) bond motifs is 1. The third-order valence-electron chi connectivity index (χ3n) is 6.41. The predicted molar refractivity (Wildman–Crippen MR) is 132 cm³/mol. The lowest BCUT2D eigenvalue weighted by Gasteiger charge is -2.28. The van der Waals surface area contributed by atoms with E-state index >= 15 is 0 Å². The summed E-state index contributed by atoms with van der Waals surface area (Å²) in [6, 6.07) is 19.3. The summed E-state index contributed by atoms with van der Waals surface area (Å²) in [7, 11) is 0. The molecule has 4 aromatic rings. The number of H-pyrrole nitrogens is 1. The standard InChI is InChI=1S/C28H24FN3O3/c1-18-5-4-6-19(15-18)27(34)31(14-13-20-17-30-24-8-3-2-7-23(20)24)25-16-26(33)32(28(25)35)22-11-9-21(29)10-12-22/h2-12,15,17,25,30H,13-14,16H2,1H3. The van der Waals surface area contributed by atoms with Crippen LogP contribution in [-0.4, -0.2) is 40.2 Å². The van der Waals surface area contributed by atoms with Crippen LogP contribution >= 0.6 is 0 Å². The fourth-order valence-corrected chi connectivity index (χ4v) is 4.64. The van der Waals surface area contributed by atoms with Crippen LogP contribution in [0.4, 0.5) is 10.1 Å². The van der Waals surface area contributed by atoms with E-state index < -0.39 is 23.7 Å². The van der Waals surface area contributed by atoms with Gasteiger partial charge in [0.2, 0.25) is 5.91 Å². The van der Waals surface area contributed by atoms with Gasteiger partial charge in [0.15, 0.2) is 0 Å². The number of rotatable bonds is 6. The molecular formula is C28H24FN3O3. The minimum atomic E-state index is -0.939. The average molecular weight is 470 g/mol. The molecule has 35 heavy (non-hydrogen) atoms. The van der Waals surface area contributed by atoms with Crippen molar-refractivity contribution in [1.82, 2.24) is 9.88 Å². The highest BCUT2D eigenvalue weighted by Crippen LogP contribution is 2.28. The van der Waals surface area contributed by atoms with Crippen molar-refractivity contribution in [2.24, 2.45) is 0 Å². The Labute approximate surface area is 202 Å². The van der Waals surface area contributed by atoms with Crippen molar-refractivity contribution in [3.63, 3.8) is 0 Å². The number of carbonyl (C=O) groups excluding carboxylic acids is 3. The van der Waals surface area contributed by atoms with Crippen molar-refractivity contribution in [3.05, 3.63) is 102 Å². The minimum Gasteiger partial charge on any atom is -0.361 e. The quantitative estimate of drug-likeness (QED) is 0.419. The smallest absolute Gasteiger partial charge is 0.257 e. The number of aryl methyl sites for hydroxylation is 1. The molecule has 0 aliphatic carbocycles. The van der Waals surface area contributed by atoms with Crippen LogP contribution in [0.3, 0.4) is 0 Å². The zero-order valence-electron chi connectivity index (χ0n) is 19.2. The average Bonchev–Trinajstić information content (AvgIpc) is 3.40. The van der Waals surface area contributed by atoms with Gasteiger partial charge in [0.1, 0.15) is 11.9 Å². The van der Waals surface area contributed by atoms with Crippen molar-refractivity contribution in [1.29, 1.82) is 0 Å². The monoisotopic (exact) mass is 469 g/mol. The minimum absolute atomic E-state index is 0.123. The van der Waals surface area contributed by atoms with Gasteiger partial charge in [-0.1, -0.05) is 35.9 Å². The maximum absolute atomic E-state index is 13.6. The second-order valence-electron chi connectivity index (χ2n) is 8.74.